The Morgan fingerprint density at radius 2 is 1.66 bits per heavy atom. The van der Waals surface area contributed by atoms with E-state index >= 15 is 0 Å². The van der Waals surface area contributed by atoms with Crippen molar-refractivity contribution in [1.29, 1.82) is 0 Å². The van der Waals surface area contributed by atoms with Gasteiger partial charge in [0.05, 0.1) is 22.9 Å². The number of rotatable bonds is 10. The van der Waals surface area contributed by atoms with Gasteiger partial charge in [-0.05, 0) is 79.9 Å². The zero-order valence-electron chi connectivity index (χ0n) is 23.5. The van der Waals surface area contributed by atoms with Crippen molar-refractivity contribution in [3.05, 3.63) is 94.8 Å². The Balaban J connectivity index is 1.53. The molecule has 0 fully saturated rings. The lowest BCUT2D eigenvalue weighted by atomic mass is 10.1. The van der Waals surface area contributed by atoms with Gasteiger partial charge in [-0.1, -0.05) is 36.0 Å². The first-order valence-corrected chi connectivity index (χ1v) is 15.2. The van der Waals surface area contributed by atoms with Gasteiger partial charge >= 0.3 is 0 Å². The Morgan fingerprint density at radius 1 is 0.951 bits per heavy atom. The fourth-order valence-electron chi connectivity index (χ4n) is 4.03. The second-order valence-corrected chi connectivity index (χ2v) is 12.7. The van der Waals surface area contributed by atoms with Gasteiger partial charge in [-0.2, -0.15) is 0 Å². The Bertz CT molecular complexity index is 1680. The lowest BCUT2D eigenvalue weighted by Crippen LogP contribution is -2.25. The lowest BCUT2D eigenvalue weighted by Gasteiger charge is -2.15. The van der Waals surface area contributed by atoms with Crippen molar-refractivity contribution in [2.24, 2.45) is 0 Å². The molecule has 0 saturated carbocycles. The highest BCUT2D eigenvalue weighted by molar-refractivity contribution is 7.99. The van der Waals surface area contributed by atoms with E-state index in [1.54, 1.807) is 0 Å². The number of hydrogen-bond acceptors (Lipinski definition) is 7. The van der Waals surface area contributed by atoms with Crippen LogP contribution in [0.3, 0.4) is 0 Å². The summed E-state index contributed by atoms with van der Waals surface area (Å²) < 4.78 is 27.6. The minimum absolute atomic E-state index is 0.0625. The number of anilines is 1. The predicted molar refractivity (Wildman–Crippen MR) is 160 cm³/mol. The molecule has 0 radical (unpaired) electrons. The number of hydrogen-bond donors (Lipinski definition) is 2. The van der Waals surface area contributed by atoms with Gasteiger partial charge in [0.1, 0.15) is 0 Å². The summed E-state index contributed by atoms with van der Waals surface area (Å²) in [5.74, 6) is 0.0399. The molecule has 2 amide bonds. The highest BCUT2D eigenvalue weighted by Gasteiger charge is 2.20. The fourth-order valence-corrected chi connectivity index (χ4v) is 5.69. The molecule has 4 rings (SSSR count). The van der Waals surface area contributed by atoms with Gasteiger partial charge in [0.15, 0.2) is 11.0 Å². The number of aryl methyl sites for hydroxylation is 2. The van der Waals surface area contributed by atoms with Crippen LogP contribution in [0.2, 0.25) is 0 Å². The van der Waals surface area contributed by atoms with E-state index in [-0.39, 0.29) is 29.0 Å². The number of carbonyl (C=O) groups is 2. The molecule has 2 N–H and O–H groups in total. The maximum absolute atomic E-state index is 12.9. The van der Waals surface area contributed by atoms with Crippen LogP contribution in [-0.4, -0.2) is 59.2 Å². The first-order valence-electron chi connectivity index (χ1n) is 12.8. The SMILES string of the molecule is Cc1cccc(NC(=O)CSc2nnc(CNC(=O)c3ccc(S(=O)(=O)N(C)C)cc3)n2-c2cccc(C)c2C)c1. The van der Waals surface area contributed by atoms with Crippen molar-refractivity contribution >= 4 is 39.3 Å². The molecule has 0 saturated heterocycles. The number of amides is 2. The normalized spacial score (nSPS) is 11.5. The Labute approximate surface area is 244 Å². The van der Waals surface area contributed by atoms with Gasteiger partial charge in [0.2, 0.25) is 15.9 Å². The predicted octanol–water partition coefficient (Wildman–Crippen LogP) is 4.10. The number of aromatic nitrogens is 3. The van der Waals surface area contributed by atoms with Crippen molar-refractivity contribution in [3.8, 4) is 5.69 Å². The highest BCUT2D eigenvalue weighted by Crippen LogP contribution is 2.26. The van der Waals surface area contributed by atoms with Crippen LogP contribution in [0.15, 0.2) is 76.8 Å². The van der Waals surface area contributed by atoms with Crippen molar-refractivity contribution in [2.75, 3.05) is 25.2 Å². The smallest absolute Gasteiger partial charge is 0.251 e. The standard InChI is InChI=1S/C29H32N6O4S2/c1-19-8-6-10-23(16-19)31-27(36)18-40-29-33-32-26(35(29)25-11-7-9-20(2)21(25)3)17-30-28(37)22-12-14-24(15-13-22)41(38,39)34(4)5/h6-16H,17-18H2,1-5H3,(H,30,37)(H,31,36). The number of nitrogens with one attached hydrogen (secondary N) is 2. The van der Waals surface area contributed by atoms with Crippen molar-refractivity contribution in [1.82, 2.24) is 24.4 Å². The van der Waals surface area contributed by atoms with Crippen molar-refractivity contribution < 1.29 is 18.0 Å². The summed E-state index contributed by atoms with van der Waals surface area (Å²) in [6.07, 6.45) is 0. The zero-order valence-corrected chi connectivity index (χ0v) is 25.1. The molecule has 12 heteroatoms. The number of thioether (sulfide) groups is 1. The lowest BCUT2D eigenvalue weighted by molar-refractivity contribution is -0.113. The third-order valence-electron chi connectivity index (χ3n) is 6.45. The van der Waals surface area contributed by atoms with E-state index in [0.29, 0.717) is 16.5 Å². The number of carbonyl (C=O) groups excluding carboxylic acids is 2. The second kappa shape index (κ2) is 12.7. The van der Waals surface area contributed by atoms with Crippen LogP contribution in [0, 0.1) is 20.8 Å². The monoisotopic (exact) mass is 592 g/mol. The number of benzene rings is 3. The topological polar surface area (TPSA) is 126 Å². The quantitative estimate of drug-likeness (QED) is 0.266. The summed E-state index contributed by atoms with van der Waals surface area (Å²) in [6, 6.07) is 19.2. The van der Waals surface area contributed by atoms with Gasteiger partial charge < -0.3 is 10.6 Å². The summed E-state index contributed by atoms with van der Waals surface area (Å²) >= 11 is 1.25. The molecule has 0 unspecified atom stereocenters. The number of sulfonamides is 1. The molecule has 0 atom stereocenters. The molecule has 0 aliphatic carbocycles. The van der Waals surface area contributed by atoms with E-state index in [1.807, 2.05) is 67.8 Å². The molecule has 1 heterocycles. The van der Waals surface area contributed by atoms with Crippen LogP contribution in [0.25, 0.3) is 5.69 Å². The van der Waals surface area contributed by atoms with Gasteiger partial charge in [0.25, 0.3) is 5.91 Å². The molecule has 3 aromatic carbocycles. The summed E-state index contributed by atoms with van der Waals surface area (Å²) in [5, 5.41) is 14.9. The Kier molecular flexibility index (Phi) is 9.26. The average molecular weight is 593 g/mol. The minimum Gasteiger partial charge on any atom is -0.345 e. The zero-order chi connectivity index (χ0) is 29.7. The van der Waals surface area contributed by atoms with Crippen LogP contribution in [-0.2, 0) is 21.4 Å². The molecule has 0 aliphatic rings. The Hall–Kier alpha value is -4.00. The largest absolute Gasteiger partial charge is 0.345 e. The fraction of sp³-hybridized carbons (Fsp3) is 0.241. The molecule has 1 aromatic heterocycles. The van der Waals surface area contributed by atoms with Gasteiger partial charge in [0, 0.05) is 25.3 Å². The highest BCUT2D eigenvalue weighted by atomic mass is 32.2. The first-order chi connectivity index (χ1) is 19.5. The maximum atomic E-state index is 12.9. The van der Waals surface area contributed by atoms with E-state index in [0.717, 1.165) is 32.4 Å². The van der Waals surface area contributed by atoms with Crippen LogP contribution < -0.4 is 10.6 Å². The van der Waals surface area contributed by atoms with Gasteiger partial charge in [-0.3, -0.25) is 14.2 Å². The molecule has 41 heavy (non-hydrogen) atoms. The van der Waals surface area contributed by atoms with Crippen molar-refractivity contribution in [3.63, 3.8) is 0 Å². The average Bonchev–Trinajstić information content (AvgIpc) is 3.34. The van der Waals surface area contributed by atoms with Gasteiger partial charge in [-0.15, -0.1) is 10.2 Å². The molecule has 0 spiro atoms. The third-order valence-corrected chi connectivity index (χ3v) is 9.21. The first kappa shape index (κ1) is 30.0. The summed E-state index contributed by atoms with van der Waals surface area (Å²) in [7, 11) is -0.699. The maximum Gasteiger partial charge on any atom is 0.251 e. The van der Waals surface area contributed by atoms with E-state index in [1.165, 1.54) is 50.1 Å². The molecular formula is C29H32N6O4S2. The van der Waals surface area contributed by atoms with Crippen molar-refractivity contribution in [2.45, 2.75) is 37.4 Å². The van der Waals surface area contributed by atoms with Crippen LogP contribution in [0.4, 0.5) is 5.69 Å². The molecule has 0 aliphatic heterocycles. The van der Waals surface area contributed by atoms with E-state index in [4.69, 9.17) is 0 Å². The Morgan fingerprint density at radius 3 is 2.34 bits per heavy atom. The van der Waals surface area contributed by atoms with E-state index in [2.05, 4.69) is 20.8 Å². The van der Waals surface area contributed by atoms with Crippen LogP contribution in [0.5, 0.6) is 0 Å². The molecule has 214 valence electrons. The van der Waals surface area contributed by atoms with Gasteiger partial charge in [-0.25, -0.2) is 12.7 Å². The van der Waals surface area contributed by atoms with E-state index < -0.39 is 10.0 Å². The van der Waals surface area contributed by atoms with Crippen LogP contribution >= 0.6 is 11.8 Å². The summed E-state index contributed by atoms with van der Waals surface area (Å²) in [5.41, 5.74) is 5.02. The minimum atomic E-state index is -3.60. The molecular weight excluding hydrogens is 560 g/mol. The van der Waals surface area contributed by atoms with Crippen LogP contribution in [0.1, 0.15) is 32.9 Å². The molecule has 0 bridgehead atoms. The summed E-state index contributed by atoms with van der Waals surface area (Å²) in [4.78, 5) is 25.7. The van der Waals surface area contributed by atoms with E-state index in [9.17, 15) is 18.0 Å². The summed E-state index contributed by atoms with van der Waals surface area (Å²) in [6.45, 7) is 6.03. The third kappa shape index (κ3) is 7.02. The second-order valence-electron chi connectivity index (χ2n) is 9.65. The molecule has 10 nitrogen and oxygen atoms in total. The number of nitrogens with zero attached hydrogens (tertiary/aromatic N) is 4. The molecule has 4 aromatic rings.